The van der Waals surface area contributed by atoms with Crippen LogP contribution in [0.25, 0.3) is 0 Å². The molecule has 1 aliphatic heterocycles. The molecular formula is C22H24ClFN6O2. The maximum absolute atomic E-state index is 13.1. The molecule has 3 N–H and O–H groups in total. The first-order chi connectivity index (χ1) is 15.4. The van der Waals surface area contributed by atoms with E-state index in [1.807, 2.05) is 6.92 Å². The molecule has 3 rings (SSSR count). The Bertz CT molecular complexity index is 1020. The maximum atomic E-state index is 13.1. The van der Waals surface area contributed by atoms with E-state index in [1.165, 1.54) is 18.2 Å². The van der Waals surface area contributed by atoms with Gasteiger partial charge >= 0.3 is 0 Å². The van der Waals surface area contributed by atoms with Gasteiger partial charge < -0.3 is 15.4 Å². The zero-order chi connectivity index (χ0) is 23.1. The molecule has 1 atom stereocenters. The van der Waals surface area contributed by atoms with Crippen molar-refractivity contribution in [1.82, 2.24) is 15.1 Å². The van der Waals surface area contributed by atoms with Gasteiger partial charge in [-0.3, -0.25) is 15.0 Å². The molecule has 0 aliphatic carbocycles. The highest BCUT2D eigenvalue weighted by Crippen LogP contribution is 2.30. The van der Waals surface area contributed by atoms with Crippen molar-refractivity contribution in [2.24, 2.45) is 10.7 Å². The molecule has 1 saturated heterocycles. The highest BCUT2D eigenvalue weighted by molar-refractivity contribution is 6.30. The largest absolute Gasteiger partial charge is 0.482 e. The van der Waals surface area contributed by atoms with Gasteiger partial charge in [0, 0.05) is 37.2 Å². The molecule has 168 valence electrons. The summed E-state index contributed by atoms with van der Waals surface area (Å²) in [4.78, 5) is 20.9. The first-order valence-electron chi connectivity index (χ1n) is 10.0. The molecule has 1 aliphatic rings. The van der Waals surface area contributed by atoms with Crippen LogP contribution in [0.15, 0.2) is 47.5 Å². The van der Waals surface area contributed by atoms with E-state index in [0.29, 0.717) is 42.6 Å². The van der Waals surface area contributed by atoms with Crippen LogP contribution >= 0.6 is 11.6 Å². The second kappa shape index (κ2) is 10.8. The van der Waals surface area contributed by atoms with Crippen molar-refractivity contribution in [2.75, 3.05) is 26.2 Å². The fourth-order valence-electron chi connectivity index (χ4n) is 3.53. The summed E-state index contributed by atoms with van der Waals surface area (Å²) in [6.45, 7) is 4.50. The van der Waals surface area contributed by atoms with E-state index in [4.69, 9.17) is 27.3 Å². The predicted octanol–water partition coefficient (Wildman–Crippen LogP) is 2.61. The van der Waals surface area contributed by atoms with Crippen LogP contribution in [0.2, 0.25) is 5.02 Å². The fourth-order valence-corrected chi connectivity index (χ4v) is 3.70. The van der Waals surface area contributed by atoms with Crippen molar-refractivity contribution in [1.29, 1.82) is 5.26 Å². The number of ether oxygens (including phenoxy) is 1. The van der Waals surface area contributed by atoms with E-state index in [0.717, 1.165) is 5.56 Å². The summed E-state index contributed by atoms with van der Waals surface area (Å²) in [7, 11) is 0. The van der Waals surface area contributed by atoms with Crippen LogP contribution in [0.5, 0.6) is 5.75 Å². The van der Waals surface area contributed by atoms with Gasteiger partial charge in [0.1, 0.15) is 17.3 Å². The van der Waals surface area contributed by atoms with Crippen molar-refractivity contribution in [3.05, 3.63) is 58.9 Å². The van der Waals surface area contributed by atoms with Crippen molar-refractivity contribution >= 4 is 29.2 Å². The lowest BCUT2D eigenvalue weighted by Crippen LogP contribution is -2.54. The summed E-state index contributed by atoms with van der Waals surface area (Å²) in [6.07, 6.45) is 1.68. The van der Waals surface area contributed by atoms with Crippen LogP contribution in [0.3, 0.4) is 0 Å². The Morgan fingerprint density at radius 3 is 2.78 bits per heavy atom. The van der Waals surface area contributed by atoms with Gasteiger partial charge in [0.15, 0.2) is 12.8 Å². The third-order valence-electron chi connectivity index (χ3n) is 5.05. The molecule has 0 saturated carbocycles. The molecule has 0 bridgehead atoms. The Hall–Kier alpha value is -3.35. The quantitative estimate of drug-likeness (QED) is 0.298. The molecular weight excluding hydrogens is 435 g/mol. The number of benzene rings is 2. The van der Waals surface area contributed by atoms with Gasteiger partial charge in [-0.25, -0.2) is 9.38 Å². The lowest BCUT2D eigenvalue weighted by Gasteiger charge is -2.39. The van der Waals surface area contributed by atoms with E-state index < -0.39 is 0 Å². The molecule has 1 heterocycles. The number of piperazine rings is 1. The monoisotopic (exact) mass is 458 g/mol. The predicted molar refractivity (Wildman–Crippen MR) is 120 cm³/mol. The number of rotatable bonds is 6. The van der Waals surface area contributed by atoms with Crippen molar-refractivity contribution in [3.63, 3.8) is 0 Å². The third-order valence-corrected chi connectivity index (χ3v) is 5.28. The molecule has 1 fully saturated rings. The average molecular weight is 459 g/mol. The van der Waals surface area contributed by atoms with E-state index in [2.05, 4.69) is 15.2 Å². The normalized spacial score (nSPS) is 17.0. The maximum Gasteiger partial charge on any atom is 0.260 e. The standard InChI is InChI=1S/C22H24ClFN6O2/c1-15-11-29(12-16-2-5-18(24)6-3-16)8-9-30(15)21(31)13-32-20-7-4-17(23)10-19(20)28-22(26)27-14-25/h2-7,10,15H,8-9,11-13H2,1H3,(H3,26,27,28)/t15-/m1/s1. The lowest BCUT2D eigenvalue weighted by molar-refractivity contribution is -0.137. The van der Waals surface area contributed by atoms with Crippen LogP contribution in [0, 0.1) is 17.3 Å². The fraction of sp³-hybridized carbons (Fsp3) is 0.318. The van der Waals surface area contributed by atoms with Crippen LogP contribution in [0.1, 0.15) is 12.5 Å². The van der Waals surface area contributed by atoms with Crippen molar-refractivity contribution < 1.29 is 13.9 Å². The number of halogens is 2. The second-order valence-corrected chi connectivity index (χ2v) is 7.87. The van der Waals surface area contributed by atoms with E-state index in [9.17, 15) is 9.18 Å². The number of nitriles is 1. The number of nitrogens with zero attached hydrogens (tertiary/aromatic N) is 4. The Balaban J connectivity index is 1.57. The van der Waals surface area contributed by atoms with Gasteiger partial charge in [0.05, 0.1) is 0 Å². The minimum absolute atomic E-state index is 0.00141. The molecule has 8 nitrogen and oxygen atoms in total. The first-order valence-corrected chi connectivity index (χ1v) is 10.4. The van der Waals surface area contributed by atoms with Crippen LogP contribution in [0.4, 0.5) is 10.1 Å². The minimum Gasteiger partial charge on any atom is -0.482 e. The van der Waals surface area contributed by atoms with Crippen LogP contribution < -0.4 is 15.8 Å². The number of nitrogens with one attached hydrogen (secondary N) is 1. The summed E-state index contributed by atoms with van der Waals surface area (Å²) >= 11 is 6.01. The molecule has 2 aromatic carbocycles. The Morgan fingerprint density at radius 1 is 1.34 bits per heavy atom. The van der Waals surface area contributed by atoms with E-state index in [-0.39, 0.29) is 30.3 Å². The van der Waals surface area contributed by atoms with Gasteiger partial charge in [-0.15, -0.1) is 0 Å². The van der Waals surface area contributed by atoms with E-state index in [1.54, 1.807) is 35.4 Å². The molecule has 1 amide bonds. The van der Waals surface area contributed by atoms with Crippen LogP contribution in [-0.2, 0) is 11.3 Å². The lowest BCUT2D eigenvalue weighted by atomic mass is 10.1. The van der Waals surface area contributed by atoms with Gasteiger partial charge in [-0.05, 0) is 42.8 Å². The number of nitrogens with two attached hydrogens (primary N) is 1. The smallest absolute Gasteiger partial charge is 0.260 e. The van der Waals surface area contributed by atoms with Crippen LogP contribution in [-0.4, -0.2) is 53.9 Å². The Morgan fingerprint density at radius 2 is 2.09 bits per heavy atom. The number of carbonyl (C=O) groups excluding carboxylic acids is 1. The first kappa shape index (κ1) is 23.3. The summed E-state index contributed by atoms with van der Waals surface area (Å²) < 4.78 is 18.8. The number of carbonyl (C=O) groups is 1. The Labute approximate surface area is 191 Å². The molecule has 10 heteroatoms. The summed E-state index contributed by atoms with van der Waals surface area (Å²) in [6, 6.07) is 11.2. The molecule has 0 unspecified atom stereocenters. The van der Waals surface area contributed by atoms with Gasteiger partial charge in [0.2, 0.25) is 5.96 Å². The summed E-state index contributed by atoms with van der Waals surface area (Å²) in [5, 5.41) is 11.3. The zero-order valence-corrected chi connectivity index (χ0v) is 18.3. The molecule has 0 spiro atoms. The van der Waals surface area contributed by atoms with Crippen molar-refractivity contribution in [2.45, 2.75) is 19.5 Å². The van der Waals surface area contributed by atoms with Crippen molar-refractivity contribution in [3.8, 4) is 11.9 Å². The molecule has 2 aromatic rings. The average Bonchev–Trinajstić information content (AvgIpc) is 2.75. The summed E-state index contributed by atoms with van der Waals surface area (Å²) in [5.41, 5.74) is 6.96. The highest BCUT2D eigenvalue weighted by Gasteiger charge is 2.27. The number of hydrogen-bond acceptors (Lipinski definition) is 5. The van der Waals surface area contributed by atoms with Gasteiger partial charge in [0.25, 0.3) is 5.91 Å². The SMILES string of the molecule is C[C@@H]1CN(Cc2ccc(F)cc2)CCN1C(=O)COc1ccc(Cl)cc1N=C(N)NC#N. The third kappa shape index (κ3) is 6.33. The van der Waals surface area contributed by atoms with Gasteiger partial charge in [-0.1, -0.05) is 23.7 Å². The molecule has 0 aromatic heterocycles. The zero-order valence-electron chi connectivity index (χ0n) is 17.6. The topological polar surface area (TPSA) is 107 Å². The minimum atomic E-state index is -0.254. The number of amides is 1. The highest BCUT2D eigenvalue weighted by atomic mass is 35.5. The second-order valence-electron chi connectivity index (χ2n) is 7.43. The number of guanidine groups is 1. The van der Waals surface area contributed by atoms with Gasteiger partial charge in [-0.2, -0.15) is 5.26 Å². The number of aliphatic imine (C=N–C) groups is 1. The Kier molecular flexibility index (Phi) is 7.87. The van der Waals surface area contributed by atoms with E-state index >= 15 is 0 Å². The number of hydrogen-bond donors (Lipinski definition) is 2. The molecule has 32 heavy (non-hydrogen) atoms. The molecule has 0 radical (unpaired) electrons. The summed E-state index contributed by atoms with van der Waals surface area (Å²) in [5.74, 6) is -0.187.